The van der Waals surface area contributed by atoms with E-state index in [1.54, 1.807) is 0 Å². The number of rotatable bonds is 5. The quantitative estimate of drug-likeness (QED) is 0.753. The fourth-order valence-corrected chi connectivity index (χ4v) is 1.48. The van der Waals surface area contributed by atoms with Crippen molar-refractivity contribution in [2.75, 3.05) is 0 Å². The predicted octanol–water partition coefficient (Wildman–Crippen LogP) is 2.24. The smallest absolute Gasteiger partial charge is 0.0790 e. The first-order valence-electron chi connectivity index (χ1n) is 5.18. The van der Waals surface area contributed by atoms with E-state index in [-0.39, 0.29) is 12.1 Å². The average molecular weight is 193 g/mol. The summed E-state index contributed by atoms with van der Waals surface area (Å²) in [5.74, 6) is 0. The summed E-state index contributed by atoms with van der Waals surface area (Å²) in [7, 11) is 0. The van der Waals surface area contributed by atoms with Crippen LogP contribution >= 0.6 is 0 Å². The molecule has 2 heteroatoms. The molecular weight excluding hydrogens is 174 g/mol. The highest BCUT2D eigenvalue weighted by atomic mass is 16.3. The number of hydrogen-bond acceptors (Lipinski definition) is 2. The van der Waals surface area contributed by atoms with Gasteiger partial charge in [0.15, 0.2) is 0 Å². The lowest BCUT2D eigenvalue weighted by molar-refractivity contribution is 0.163. The summed E-state index contributed by atoms with van der Waals surface area (Å²) in [6.45, 7) is 1.99. The molecule has 3 N–H and O–H groups in total. The first-order chi connectivity index (χ1) is 6.70. The normalized spacial score (nSPS) is 15.1. The average Bonchev–Trinajstić information content (AvgIpc) is 2.18. The minimum Gasteiger partial charge on any atom is -0.388 e. The van der Waals surface area contributed by atoms with Crippen LogP contribution in [-0.4, -0.2) is 11.1 Å². The van der Waals surface area contributed by atoms with Gasteiger partial charge in [-0.15, -0.1) is 0 Å². The van der Waals surface area contributed by atoms with Crippen LogP contribution in [0.1, 0.15) is 37.9 Å². The van der Waals surface area contributed by atoms with E-state index in [4.69, 9.17) is 5.73 Å². The molecule has 0 amide bonds. The first-order valence-corrected chi connectivity index (χ1v) is 5.18. The molecule has 0 radical (unpaired) electrons. The van der Waals surface area contributed by atoms with Crippen LogP contribution in [0.4, 0.5) is 0 Å². The molecule has 2 atom stereocenters. The Balaban J connectivity index is 2.32. The molecule has 0 aliphatic heterocycles. The Bertz CT molecular complexity index is 246. The van der Waals surface area contributed by atoms with Gasteiger partial charge in [0, 0.05) is 6.04 Å². The number of nitrogens with two attached hydrogens (primary N) is 1. The van der Waals surface area contributed by atoms with Crippen LogP contribution in [0.25, 0.3) is 0 Å². The van der Waals surface area contributed by atoms with E-state index in [1.807, 2.05) is 37.3 Å². The molecule has 2 nitrogen and oxygen atoms in total. The third-order valence-corrected chi connectivity index (χ3v) is 2.32. The zero-order chi connectivity index (χ0) is 10.4. The predicted molar refractivity (Wildman–Crippen MR) is 58.9 cm³/mol. The highest BCUT2D eigenvalue weighted by Gasteiger charge is 2.06. The monoisotopic (exact) mass is 193 g/mol. The van der Waals surface area contributed by atoms with E-state index < -0.39 is 0 Å². The van der Waals surface area contributed by atoms with E-state index in [1.165, 1.54) is 0 Å². The maximum atomic E-state index is 9.79. The van der Waals surface area contributed by atoms with E-state index >= 15 is 0 Å². The molecule has 0 aliphatic carbocycles. The molecule has 0 unspecified atom stereocenters. The highest BCUT2D eigenvalue weighted by molar-refractivity contribution is 5.16. The summed E-state index contributed by atoms with van der Waals surface area (Å²) < 4.78 is 0. The topological polar surface area (TPSA) is 46.2 Å². The summed E-state index contributed by atoms with van der Waals surface area (Å²) in [6.07, 6.45) is 2.42. The molecule has 0 heterocycles. The Labute approximate surface area is 85.8 Å². The van der Waals surface area contributed by atoms with Crippen LogP contribution in [0.5, 0.6) is 0 Å². The van der Waals surface area contributed by atoms with Crippen LogP contribution in [-0.2, 0) is 0 Å². The summed E-state index contributed by atoms with van der Waals surface area (Å²) in [5, 5.41) is 9.79. The summed E-state index contributed by atoms with van der Waals surface area (Å²) in [6, 6.07) is 10.00. The number of aliphatic hydroxyl groups excluding tert-OH is 1. The Hall–Kier alpha value is -0.860. The van der Waals surface area contributed by atoms with Gasteiger partial charge < -0.3 is 10.8 Å². The van der Waals surface area contributed by atoms with E-state index in [0.29, 0.717) is 0 Å². The van der Waals surface area contributed by atoms with Crippen molar-refractivity contribution in [1.82, 2.24) is 0 Å². The lowest BCUT2D eigenvalue weighted by Gasteiger charge is -2.11. The van der Waals surface area contributed by atoms with E-state index in [9.17, 15) is 5.11 Å². The van der Waals surface area contributed by atoms with Crippen molar-refractivity contribution in [2.45, 2.75) is 38.3 Å². The number of benzene rings is 1. The van der Waals surface area contributed by atoms with Crippen molar-refractivity contribution in [2.24, 2.45) is 5.73 Å². The molecule has 0 aromatic heterocycles. The van der Waals surface area contributed by atoms with Gasteiger partial charge in [-0.1, -0.05) is 30.3 Å². The van der Waals surface area contributed by atoms with Gasteiger partial charge in [-0.3, -0.25) is 0 Å². The Morgan fingerprint density at radius 1 is 1.21 bits per heavy atom. The number of aliphatic hydroxyl groups is 1. The van der Waals surface area contributed by atoms with Crippen LogP contribution in [0.2, 0.25) is 0 Å². The fourth-order valence-electron chi connectivity index (χ4n) is 1.48. The van der Waals surface area contributed by atoms with Gasteiger partial charge in [-0.2, -0.15) is 0 Å². The van der Waals surface area contributed by atoms with Crippen LogP contribution < -0.4 is 5.73 Å². The van der Waals surface area contributed by atoms with Gasteiger partial charge >= 0.3 is 0 Å². The van der Waals surface area contributed by atoms with Gasteiger partial charge in [0.25, 0.3) is 0 Å². The van der Waals surface area contributed by atoms with Crippen LogP contribution in [0, 0.1) is 0 Å². The van der Waals surface area contributed by atoms with Gasteiger partial charge in [-0.05, 0) is 31.7 Å². The summed E-state index contributed by atoms with van der Waals surface area (Å²) in [5.41, 5.74) is 6.63. The van der Waals surface area contributed by atoms with Gasteiger partial charge in [0.2, 0.25) is 0 Å². The summed E-state index contributed by atoms with van der Waals surface area (Å²) in [4.78, 5) is 0. The molecule has 1 aromatic carbocycles. The summed E-state index contributed by atoms with van der Waals surface area (Å²) >= 11 is 0. The minimum atomic E-state index is -0.338. The third kappa shape index (κ3) is 3.90. The zero-order valence-electron chi connectivity index (χ0n) is 8.69. The Morgan fingerprint density at radius 2 is 1.86 bits per heavy atom. The molecule has 0 bridgehead atoms. The molecule has 0 saturated carbocycles. The zero-order valence-corrected chi connectivity index (χ0v) is 8.69. The highest BCUT2D eigenvalue weighted by Crippen LogP contribution is 2.18. The standard InChI is InChI=1S/C12H19NO/c1-10(13)6-5-9-12(14)11-7-3-2-4-8-11/h2-4,7-8,10,12,14H,5-6,9,13H2,1H3/t10-,12-/m1/s1. The second kappa shape index (κ2) is 5.78. The van der Waals surface area contributed by atoms with Crippen molar-refractivity contribution < 1.29 is 5.11 Å². The molecule has 0 aliphatic rings. The number of hydrogen-bond donors (Lipinski definition) is 2. The lowest BCUT2D eigenvalue weighted by Crippen LogP contribution is -2.14. The van der Waals surface area contributed by atoms with Crippen molar-refractivity contribution in [1.29, 1.82) is 0 Å². The first kappa shape index (κ1) is 11.2. The third-order valence-electron chi connectivity index (χ3n) is 2.32. The van der Waals surface area contributed by atoms with Crippen LogP contribution in [0.15, 0.2) is 30.3 Å². The molecule has 0 spiro atoms. The largest absolute Gasteiger partial charge is 0.388 e. The maximum absolute atomic E-state index is 9.79. The van der Waals surface area contributed by atoms with Crippen molar-refractivity contribution >= 4 is 0 Å². The second-order valence-corrected chi connectivity index (χ2v) is 3.83. The molecule has 1 aromatic rings. The Morgan fingerprint density at radius 3 is 2.43 bits per heavy atom. The molecular formula is C12H19NO. The van der Waals surface area contributed by atoms with Crippen LogP contribution in [0.3, 0.4) is 0 Å². The van der Waals surface area contributed by atoms with Gasteiger partial charge in [-0.25, -0.2) is 0 Å². The van der Waals surface area contributed by atoms with Crippen molar-refractivity contribution in [3.63, 3.8) is 0 Å². The fraction of sp³-hybridized carbons (Fsp3) is 0.500. The van der Waals surface area contributed by atoms with Gasteiger partial charge in [0.05, 0.1) is 6.10 Å². The maximum Gasteiger partial charge on any atom is 0.0790 e. The van der Waals surface area contributed by atoms with Gasteiger partial charge in [0.1, 0.15) is 0 Å². The minimum absolute atomic E-state index is 0.234. The van der Waals surface area contributed by atoms with E-state index in [0.717, 1.165) is 24.8 Å². The molecule has 0 fully saturated rings. The van der Waals surface area contributed by atoms with Crippen molar-refractivity contribution in [3.8, 4) is 0 Å². The Kier molecular flexibility index (Phi) is 4.63. The molecule has 1 rings (SSSR count). The van der Waals surface area contributed by atoms with E-state index in [2.05, 4.69) is 0 Å². The molecule has 14 heavy (non-hydrogen) atoms. The van der Waals surface area contributed by atoms with Crippen molar-refractivity contribution in [3.05, 3.63) is 35.9 Å². The second-order valence-electron chi connectivity index (χ2n) is 3.83. The molecule has 0 saturated heterocycles. The SMILES string of the molecule is C[C@@H](N)CCC[C@@H](O)c1ccccc1. The lowest BCUT2D eigenvalue weighted by atomic mass is 10.0. The molecule has 78 valence electrons.